The number of carboxylic acids is 1. The van der Waals surface area contributed by atoms with Gasteiger partial charge >= 0.3 is 5.97 Å². The zero-order chi connectivity index (χ0) is 15.9. The van der Waals surface area contributed by atoms with Crippen LogP contribution in [0.25, 0.3) is 10.9 Å². The number of amides is 1. The van der Waals surface area contributed by atoms with E-state index in [0.717, 1.165) is 11.9 Å². The normalized spacial score (nSPS) is 12.2. The van der Waals surface area contributed by atoms with Crippen molar-refractivity contribution in [3.05, 3.63) is 36.0 Å². The third-order valence-corrected chi connectivity index (χ3v) is 3.57. The second-order valence-electron chi connectivity index (χ2n) is 5.08. The smallest absolute Gasteiger partial charge is 0.334 e. The standard InChI is InChI=1S/C16H20N2O4/c1-22-14(16(20)21)10-18-15(19)8-4-5-11-9-17-13-7-3-2-6-12(11)13/h2-3,6-7,9,14,17H,4-5,8,10H2,1H3,(H,18,19)(H,20,21). The second kappa shape index (κ2) is 7.61. The molecule has 1 amide bonds. The first-order valence-electron chi connectivity index (χ1n) is 7.19. The minimum absolute atomic E-state index is 0.0161. The third-order valence-electron chi connectivity index (χ3n) is 3.57. The van der Waals surface area contributed by atoms with Crippen molar-refractivity contribution in [2.24, 2.45) is 0 Å². The lowest BCUT2D eigenvalue weighted by Gasteiger charge is -2.11. The summed E-state index contributed by atoms with van der Waals surface area (Å²) in [4.78, 5) is 25.7. The van der Waals surface area contributed by atoms with Crippen molar-refractivity contribution in [2.45, 2.75) is 25.4 Å². The van der Waals surface area contributed by atoms with Crippen molar-refractivity contribution < 1.29 is 19.4 Å². The zero-order valence-electron chi connectivity index (χ0n) is 12.5. The molecule has 0 bridgehead atoms. The fraction of sp³-hybridized carbons (Fsp3) is 0.375. The van der Waals surface area contributed by atoms with Gasteiger partial charge in [-0.25, -0.2) is 4.79 Å². The molecule has 1 unspecified atom stereocenters. The highest BCUT2D eigenvalue weighted by molar-refractivity contribution is 5.83. The molecule has 3 N–H and O–H groups in total. The van der Waals surface area contributed by atoms with Gasteiger partial charge < -0.3 is 20.1 Å². The molecule has 0 fully saturated rings. The van der Waals surface area contributed by atoms with E-state index in [4.69, 9.17) is 9.84 Å². The number of carbonyl (C=O) groups is 2. The van der Waals surface area contributed by atoms with Crippen molar-refractivity contribution in [2.75, 3.05) is 13.7 Å². The molecule has 1 heterocycles. The van der Waals surface area contributed by atoms with Crippen LogP contribution >= 0.6 is 0 Å². The van der Waals surface area contributed by atoms with Gasteiger partial charge in [0.1, 0.15) is 0 Å². The van der Waals surface area contributed by atoms with Crippen molar-refractivity contribution in [3.63, 3.8) is 0 Å². The van der Waals surface area contributed by atoms with Gasteiger partial charge in [-0.2, -0.15) is 0 Å². The molecule has 0 aliphatic rings. The van der Waals surface area contributed by atoms with E-state index in [1.165, 1.54) is 18.1 Å². The Hall–Kier alpha value is -2.34. The lowest BCUT2D eigenvalue weighted by molar-refractivity contribution is -0.148. The van der Waals surface area contributed by atoms with Gasteiger partial charge in [-0.05, 0) is 24.5 Å². The van der Waals surface area contributed by atoms with Gasteiger partial charge in [0.05, 0.1) is 6.54 Å². The Bertz CT molecular complexity index is 650. The first kappa shape index (κ1) is 16.0. The number of aromatic amines is 1. The number of ether oxygens (including phenoxy) is 1. The Labute approximate surface area is 128 Å². The minimum atomic E-state index is -1.08. The van der Waals surface area contributed by atoms with Gasteiger partial charge in [-0.15, -0.1) is 0 Å². The Morgan fingerprint density at radius 2 is 2.14 bits per heavy atom. The summed E-state index contributed by atoms with van der Waals surface area (Å²) in [7, 11) is 1.31. The van der Waals surface area contributed by atoms with Crippen LogP contribution in [0.1, 0.15) is 18.4 Å². The number of rotatable bonds is 8. The van der Waals surface area contributed by atoms with Gasteiger partial charge in [-0.3, -0.25) is 4.79 Å². The molecule has 0 aliphatic heterocycles. The molecule has 22 heavy (non-hydrogen) atoms. The Balaban J connectivity index is 1.76. The van der Waals surface area contributed by atoms with Crippen LogP contribution in [-0.2, 0) is 20.7 Å². The highest BCUT2D eigenvalue weighted by Crippen LogP contribution is 2.19. The number of H-pyrrole nitrogens is 1. The predicted molar refractivity (Wildman–Crippen MR) is 82.7 cm³/mol. The maximum Gasteiger partial charge on any atom is 0.334 e. The Kier molecular flexibility index (Phi) is 5.55. The van der Waals surface area contributed by atoms with Crippen molar-refractivity contribution in [1.29, 1.82) is 0 Å². The van der Waals surface area contributed by atoms with Crippen molar-refractivity contribution in [3.8, 4) is 0 Å². The van der Waals surface area contributed by atoms with Gasteiger partial charge in [0, 0.05) is 30.6 Å². The molecule has 1 aromatic carbocycles. The molecule has 0 radical (unpaired) electrons. The largest absolute Gasteiger partial charge is 0.479 e. The second-order valence-corrected chi connectivity index (χ2v) is 5.08. The highest BCUT2D eigenvalue weighted by atomic mass is 16.5. The van der Waals surface area contributed by atoms with E-state index in [-0.39, 0.29) is 12.5 Å². The number of hydrogen-bond acceptors (Lipinski definition) is 3. The summed E-state index contributed by atoms with van der Waals surface area (Å²) in [5.41, 5.74) is 2.27. The predicted octanol–water partition coefficient (Wildman–Crippen LogP) is 1.71. The third kappa shape index (κ3) is 4.08. The average Bonchev–Trinajstić information content (AvgIpc) is 2.91. The van der Waals surface area contributed by atoms with E-state index in [9.17, 15) is 9.59 Å². The van der Waals surface area contributed by atoms with Crippen molar-refractivity contribution >= 4 is 22.8 Å². The molecular weight excluding hydrogens is 284 g/mol. The lowest BCUT2D eigenvalue weighted by atomic mass is 10.1. The molecule has 6 nitrogen and oxygen atoms in total. The first-order valence-corrected chi connectivity index (χ1v) is 7.19. The maximum absolute atomic E-state index is 11.7. The van der Waals surface area contributed by atoms with E-state index in [1.54, 1.807) is 0 Å². The molecule has 0 saturated heterocycles. The lowest BCUT2D eigenvalue weighted by Crippen LogP contribution is -2.37. The number of hydrogen-bond donors (Lipinski definition) is 3. The molecular formula is C16H20N2O4. The number of methoxy groups -OCH3 is 1. The Morgan fingerprint density at radius 3 is 2.86 bits per heavy atom. The average molecular weight is 304 g/mol. The topological polar surface area (TPSA) is 91.4 Å². The number of para-hydroxylation sites is 1. The van der Waals surface area contributed by atoms with E-state index >= 15 is 0 Å². The number of benzene rings is 1. The van der Waals surface area contributed by atoms with Gasteiger partial charge in [-0.1, -0.05) is 18.2 Å². The van der Waals surface area contributed by atoms with E-state index < -0.39 is 12.1 Å². The molecule has 2 aromatic rings. The summed E-state index contributed by atoms with van der Waals surface area (Å²) in [6.07, 6.45) is 2.82. The molecule has 2 rings (SSSR count). The van der Waals surface area contributed by atoms with E-state index in [2.05, 4.69) is 16.4 Å². The minimum Gasteiger partial charge on any atom is -0.479 e. The van der Waals surface area contributed by atoms with Crippen LogP contribution in [0.3, 0.4) is 0 Å². The number of carbonyl (C=O) groups excluding carboxylic acids is 1. The van der Waals surface area contributed by atoms with Crippen LogP contribution in [0.5, 0.6) is 0 Å². The zero-order valence-corrected chi connectivity index (χ0v) is 12.5. The van der Waals surface area contributed by atoms with Crippen LogP contribution in [0.2, 0.25) is 0 Å². The molecule has 6 heteroatoms. The SMILES string of the molecule is COC(CNC(=O)CCCc1c[nH]c2ccccc12)C(=O)O. The van der Waals surface area contributed by atoms with Crippen molar-refractivity contribution in [1.82, 2.24) is 10.3 Å². The summed E-state index contributed by atoms with van der Waals surface area (Å²) in [6.45, 7) is -0.0161. The summed E-state index contributed by atoms with van der Waals surface area (Å²) < 4.78 is 4.76. The summed E-state index contributed by atoms with van der Waals surface area (Å²) in [5, 5.41) is 12.6. The summed E-state index contributed by atoms with van der Waals surface area (Å²) in [5.74, 6) is -1.25. The molecule has 0 aliphatic carbocycles. The fourth-order valence-corrected chi connectivity index (χ4v) is 2.34. The number of aliphatic carboxylic acids is 1. The van der Waals surface area contributed by atoms with Crippen LogP contribution in [-0.4, -0.2) is 41.7 Å². The van der Waals surface area contributed by atoms with Crippen LogP contribution in [0, 0.1) is 0 Å². The van der Waals surface area contributed by atoms with Gasteiger partial charge in [0.2, 0.25) is 5.91 Å². The number of aromatic nitrogens is 1. The number of aryl methyl sites for hydroxylation is 1. The van der Waals surface area contributed by atoms with Crippen LogP contribution in [0.15, 0.2) is 30.5 Å². The molecule has 118 valence electrons. The monoisotopic (exact) mass is 304 g/mol. The maximum atomic E-state index is 11.7. The van der Waals surface area contributed by atoms with Gasteiger partial charge in [0.25, 0.3) is 0 Å². The van der Waals surface area contributed by atoms with E-state index in [1.807, 2.05) is 24.4 Å². The highest BCUT2D eigenvalue weighted by Gasteiger charge is 2.16. The fourth-order valence-electron chi connectivity index (χ4n) is 2.34. The Morgan fingerprint density at radius 1 is 1.36 bits per heavy atom. The number of nitrogens with one attached hydrogen (secondary N) is 2. The molecule has 1 atom stereocenters. The number of carboxylic acid groups (broad SMARTS) is 1. The number of fused-ring (bicyclic) bond motifs is 1. The van der Waals surface area contributed by atoms with Crippen LogP contribution < -0.4 is 5.32 Å². The van der Waals surface area contributed by atoms with Gasteiger partial charge in [0.15, 0.2) is 6.10 Å². The summed E-state index contributed by atoms with van der Waals surface area (Å²) >= 11 is 0. The molecule has 1 aromatic heterocycles. The first-order chi connectivity index (χ1) is 10.6. The quantitative estimate of drug-likeness (QED) is 0.692. The molecule has 0 spiro atoms. The summed E-state index contributed by atoms with van der Waals surface area (Å²) in [6, 6.07) is 8.04. The van der Waals surface area contributed by atoms with Crippen LogP contribution in [0.4, 0.5) is 0 Å². The van der Waals surface area contributed by atoms with E-state index in [0.29, 0.717) is 12.8 Å². The molecule has 0 saturated carbocycles.